The third-order valence-electron chi connectivity index (χ3n) is 1.11. The van der Waals surface area contributed by atoms with Crippen LogP contribution in [0.5, 0.6) is 0 Å². The second-order valence-corrected chi connectivity index (χ2v) is 1.87. The molecule has 52 valence electrons. The van der Waals surface area contributed by atoms with Crippen molar-refractivity contribution in [3.63, 3.8) is 0 Å². The van der Waals surface area contributed by atoms with Crippen molar-refractivity contribution in [1.29, 1.82) is 0 Å². The number of primary amides is 1. The van der Waals surface area contributed by atoms with E-state index in [4.69, 9.17) is 5.73 Å². The molecule has 1 aromatic rings. The van der Waals surface area contributed by atoms with Gasteiger partial charge in [0.2, 0.25) is 5.91 Å². The van der Waals surface area contributed by atoms with Crippen LogP contribution >= 0.6 is 0 Å². The summed E-state index contributed by atoms with van der Waals surface area (Å²) in [6, 6.07) is 5.26. The minimum atomic E-state index is -0.612. The monoisotopic (exact) mass is 138 g/mol. The van der Waals surface area contributed by atoms with E-state index in [0.29, 0.717) is 0 Å². The first-order chi connectivity index (χ1) is 4.70. The lowest BCUT2D eigenvalue weighted by atomic mass is 10.2. The normalized spacial score (nSPS) is 9.30. The van der Waals surface area contributed by atoms with Crippen LogP contribution in [-0.4, -0.2) is 5.91 Å². The van der Waals surface area contributed by atoms with Crippen LogP contribution in [0.15, 0.2) is 24.3 Å². The van der Waals surface area contributed by atoms with E-state index in [1.165, 1.54) is 18.2 Å². The molecule has 2 N–H and O–H groups in total. The van der Waals surface area contributed by atoms with Gasteiger partial charge in [-0.3, -0.25) is 4.79 Å². The fourth-order valence-electron chi connectivity index (χ4n) is 0.642. The topological polar surface area (TPSA) is 43.1 Å². The number of carbonyl (C=O) groups is 1. The molecule has 0 aliphatic rings. The zero-order valence-corrected chi connectivity index (χ0v) is 5.17. The van der Waals surface area contributed by atoms with Crippen molar-refractivity contribution < 1.29 is 9.18 Å². The summed E-state index contributed by atoms with van der Waals surface area (Å²) in [6.45, 7) is 0. The van der Waals surface area contributed by atoms with Gasteiger partial charge in [0, 0.05) is 5.56 Å². The number of hydrogen-bond donors (Lipinski definition) is 1. The van der Waals surface area contributed by atoms with Gasteiger partial charge in [-0.15, -0.1) is 0 Å². The van der Waals surface area contributed by atoms with Crippen LogP contribution in [-0.2, 0) is 0 Å². The summed E-state index contributed by atoms with van der Waals surface area (Å²) >= 11 is 0. The molecule has 0 saturated heterocycles. The molecule has 2 nitrogen and oxygen atoms in total. The molecule has 0 bridgehead atoms. The number of halogens is 1. The molecule has 0 fully saturated rings. The van der Waals surface area contributed by atoms with Crippen molar-refractivity contribution in [2.75, 3.05) is 0 Å². The van der Waals surface area contributed by atoms with Gasteiger partial charge in [0.15, 0.2) is 0 Å². The molecule has 0 saturated carbocycles. The van der Waals surface area contributed by atoms with E-state index >= 15 is 0 Å². The van der Waals surface area contributed by atoms with Crippen molar-refractivity contribution in [1.82, 2.24) is 0 Å². The maximum atomic E-state index is 12.3. The smallest absolute Gasteiger partial charge is 0.248 e. The van der Waals surface area contributed by atoms with Crippen LogP contribution in [0.25, 0.3) is 0 Å². The van der Waals surface area contributed by atoms with Gasteiger partial charge in [0.05, 0.1) is 0 Å². The molecule has 0 unspecified atom stereocenters. The Morgan fingerprint density at radius 1 is 1.50 bits per heavy atom. The minimum Gasteiger partial charge on any atom is -0.366 e. The molecule has 0 heterocycles. The zero-order chi connectivity index (χ0) is 7.56. The van der Waals surface area contributed by atoms with Gasteiger partial charge < -0.3 is 5.73 Å². The van der Waals surface area contributed by atoms with Gasteiger partial charge in [-0.1, -0.05) is 6.07 Å². The number of rotatable bonds is 1. The van der Waals surface area contributed by atoms with E-state index in [-0.39, 0.29) is 5.56 Å². The number of hydrogen-bond acceptors (Lipinski definition) is 1. The Morgan fingerprint density at radius 2 is 2.20 bits per heavy atom. The van der Waals surface area contributed by atoms with Crippen molar-refractivity contribution >= 4 is 5.91 Å². The number of carbonyl (C=O) groups excluding carboxylic acids is 1. The average Bonchev–Trinajstić information content (AvgIpc) is 1.88. The third-order valence-corrected chi connectivity index (χ3v) is 1.11. The zero-order valence-electron chi connectivity index (χ0n) is 5.17. The van der Waals surface area contributed by atoms with Crippen LogP contribution in [0.2, 0.25) is 0 Å². The van der Waals surface area contributed by atoms with Crippen LogP contribution in [0.4, 0.5) is 4.39 Å². The number of amides is 1. The summed E-state index contributed by atoms with van der Waals surface area (Å²) in [4.78, 5) is 10.4. The molecule has 0 aliphatic heterocycles. The highest BCUT2D eigenvalue weighted by atomic mass is 18.2. The lowest BCUT2D eigenvalue weighted by Gasteiger charge is -1.92. The maximum absolute atomic E-state index is 12.3. The molecule has 1 aromatic carbocycles. The van der Waals surface area contributed by atoms with Crippen molar-refractivity contribution in [3.8, 4) is 0 Å². The summed E-state index contributed by atoms with van der Waals surface area (Å²) < 4.78 is 12.3. The second-order valence-electron chi connectivity index (χ2n) is 1.87. The van der Waals surface area contributed by atoms with E-state index in [1.807, 2.05) is 0 Å². The Hall–Kier alpha value is -1.38. The summed E-state index contributed by atoms with van der Waals surface area (Å²) in [6.07, 6.45) is 0. The molecular weight excluding hydrogens is 132 g/mol. The van der Waals surface area contributed by atoms with E-state index in [0.717, 1.165) is 6.07 Å². The molecule has 3 heteroatoms. The molecule has 0 aliphatic carbocycles. The summed E-state index contributed by atoms with van der Waals surface area (Å²) in [7, 11) is 0. The lowest BCUT2D eigenvalue weighted by Crippen LogP contribution is -2.10. The first kappa shape index (κ1) is 6.74. The SMILES string of the molecule is NC(=O)c1cccc([18F])c1. The highest BCUT2D eigenvalue weighted by molar-refractivity contribution is 5.92. The molecule has 0 aromatic heterocycles. The predicted octanol–water partition coefficient (Wildman–Crippen LogP) is 0.925. The highest BCUT2D eigenvalue weighted by Gasteiger charge is 1.98. The Labute approximate surface area is 57.5 Å². The highest BCUT2D eigenvalue weighted by Crippen LogP contribution is 2.01. The molecule has 1 amide bonds. The largest absolute Gasteiger partial charge is 0.366 e. The van der Waals surface area contributed by atoms with E-state index in [9.17, 15) is 9.18 Å². The average molecular weight is 138 g/mol. The first-order valence-corrected chi connectivity index (χ1v) is 2.75. The maximum Gasteiger partial charge on any atom is 0.248 e. The summed E-state index contributed by atoms with van der Waals surface area (Å²) in [5.41, 5.74) is 5.07. The fourth-order valence-corrected chi connectivity index (χ4v) is 0.642. The molecule has 0 radical (unpaired) electrons. The van der Waals surface area contributed by atoms with Gasteiger partial charge in [-0.05, 0) is 18.2 Å². The Balaban J connectivity index is 3.07. The van der Waals surface area contributed by atoms with Gasteiger partial charge in [-0.25, -0.2) is 4.39 Å². The summed E-state index contributed by atoms with van der Waals surface area (Å²) in [5.74, 6) is -1.06. The van der Waals surface area contributed by atoms with Crippen LogP contribution in [0.3, 0.4) is 0 Å². The van der Waals surface area contributed by atoms with Gasteiger partial charge >= 0.3 is 0 Å². The summed E-state index contributed by atoms with van der Waals surface area (Å²) in [5, 5.41) is 0. The van der Waals surface area contributed by atoms with E-state index in [2.05, 4.69) is 0 Å². The lowest BCUT2D eigenvalue weighted by molar-refractivity contribution is 0.1000. The van der Waals surface area contributed by atoms with E-state index in [1.54, 1.807) is 0 Å². The first-order valence-electron chi connectivity index (χ1n) is 2.75. The van der Waals surface area contributed by atoms with Crippen LogP contribution in [0, 0.1) is 5.82 Å². The number of benzene rings is 1. The molecule has 1 rings (SSSR count). The van der Waals surface area contributed by atoms with Gasteiger partial charge in [0.1, 0.15) is 5.82 Å². The molecule has 10 heavy (non-hydrogen) atoms. The Kier molecular flexibility index (Phi) is 1.67. The van der Waals surface area contributed by atoms with Crippen LogP contribution in [0.1, 0.15) is 10.4 Å². The van der Waals surface area contributed by atoms with Gasteiger partial charge in [-0.2, -0.15) is 0 Å². The van der Waals surface area contributed by atoms with Crippen LogP contribution < -0.4 is 5.73 Å². The quantitative estimate of drug-likeness (QED) is 0.616. The second kappa shape index (κ2) is 2.47. The van der Waals surface area contributed by atoms with Gasteiger partial charge in [0.25, 0.3) is 0 Å². The third kappa shape index (κ3) is 1.31. The molecular formula is C7H6FNO. The van der Waals surface area contributed by atoms with E-state index < -0.39 is 11.7 Å². The Morgan fingerprint density at radius 3 is 2.60 bits per heavy atom. The van der Waals surface area contributed by atoms with Crippen molar-refractivity contribution in [2.24, 2.45) is 5.73 Å². The number of nitrogens with two attached hydrogens (primary N) is 1. The Bertz CT molecular complexity index is 260. The molecule has 0 spiro atoms. The predicted molar refractivity (Wildman–Crippen MR) is 34.9 cm³/mol. The standard InChI is InChI=1S/C7H6FNO/c8-6-3-1-2-5(4-6)7(9)10/h1-4H,(H2,9,10)/i8-1. The van der Waals surface area contributed by atoms with Crippen molar-refractivity contribution in [2.45, 2.75) is 0 Å². The minimum absolute atomic E-state index is 0.194. The molecule has 0 atom stereocenters. The van der Waals surface area contributed by atoms with Crippen molar-refractivity contribution in [3.05, 3.63) is 35.6 Å². The fraction of sp³-hybridized carbons (Fsp3) is 0.